The van der Waals surface area contributed by atoms with E-state index < -0.39 is 16.5 Å². The Morgan fingerprint density at radius 2 is 1.40 bits per heavy atom. The molecule has 0 rings (SSSR count). The summed E-state index contributed by atoms with van der Waals surface area (Å²) < 4.78 is 21.6. The van der Waals surface area contributed by atoms with Crippen LogP contribution in [0.1, 0.15) is 0 Å². The van der Waals surface area contributed by atoms with Gasteiger partial charge in [-0.05, 0) is 9.13 Å². The molecule has 0 saturated carbocycles. The number of halogens is 1. The van der Waals surface area contributed by atoms with Gasteiger partial charge in [0.25, 0.3) is 0 Å². The van der Waals surface area contributed by atoms with Crippen LogP contribution in [0.5, 0.6) is 0 Å². The largest absolute Gasteiger partial charge is 2.00 e. The minimum Gasteiger partial charge on any atom is -0.563 e. The molecule has 0 aromatic carbocycles. The molecule has 10 heavy (non-hydrogen) atoms. The standard InChI is InChI=1S/CH3Cl.Hg.O5P2/c1-2;;1-6(2)5-7(3)4/h1H3;;/q;+2;. The zero-order chi connectivity index (χ0) is 7.86. The molecule has 0 fully saturated rings. The Labute approximate surface area is 85.1 Å². The smallest absolute Gasteiger partial charge is 0.563 e. The molecule has 9 heteroatoms. The van der Waals surface area contributed by atoms with Crippen molar-refractivity contribution >= 4 is 28.1 Å². The minimum absolute atomic E-state index is 0. The summed E-state index contributed by atoms with van der Waals surface area (Å²) in [5, 5.41) is 0. The average molecular weight is 393 g/mol. The van der Waals surface area contributed by atoms with Crippen LogP contribution >= 0.6 is 28.1 Å². The monoisotopic (exact) mass is 394 g/mol. The van der Waals surface area contributed by atoms with Crippen LogP contribution in [0.4, 0.5) is 0 Å². The van der Waals surface area contributed by atoms with Gasteiger partial charge in [-0.15, -0.1) is 11.6 Å². The summed E-state index contributed by atoms with van der Waals surface area (Å²) in [6.07, 6.45) is 1.47. The van der Waals surface area contributed by atoms with Crippen molar-refractivity contribution in [3.05, 3.63) is 0 Å². The topological polar surface area (TPSA) is 89.5 Å². The van der Waals surface area contributed by atoms with E-state index in [1.807, 2.05) is 0 Å². The fourth-order valence-corrected chi connectivity index (χ4v) is 0.490. The fraction of sp³-hybridized carbons (Fsp3) is 1.00. The summed E-state index contributed by atoms with van der Waals surface area (Å²) in [4.78, 5) is 18.5. The summed E-state index contributed by atoms with van der Waals surface area (Å²) in [5.74, 6) is 0. The van der Waals surface area contributed by atoms with Crippen molar-refractivity contribution in [2.24, 2.45) is 0 Å². The third-order valence-corrected chi connectivity index (χ3v) is 1.20. The maximum atomic E-state index is 9.24. The summed E-state index contributed by atoms with van der Waals surface area (Å²) in [6, 6.07) is 0. The fourth-order valence-electron chi connectivity index (χ4n) is 0.0544. The number of rotatable bonds is 2. The molecule has 2 unspecified atom stereocenters. The first-order valence-corrected chi connectivity index (χ1v) is 4.42. The molecule has 0 radical (unpaired) electrons. The van der Waals surface area contributed by atoms with Crippen LogP contribution in [0.3, 0.4) is 0 Å². The van der Waals surface area contributed by atoms with E-state index in [2.05, 4.69) is 15.9 Å². The van der Waals surface area contributed by atoms with Crippen molar-refractivity contribution < 1.29 is 50.9 Å². The SMILES string of the molecule is CCl.O=[P+]([O-])O[P+](=O)[O-].[Hg+2]. The molecule has 2 atom stereocenters. The number of alkyl halides is 1. The molecule has 5 nitrogen and oxygen atoms in total. The van der Waals surface area contributed by atoms with Crippen LogP contribution in [-0.4, -0.2) is 6.38 Å². The molecule has 0 N–H and O–H groups in total. The second kappa shape index (κ2) is 12.9. The van der Waals surface area contributed by atoms with Crippen molar-refractivity contribution in [3.8, 4) is 0 Å². The van der Waals surface area contributed by atoms with Crippen LogP contribution in [0.2, 0.25) is 0 Å². The van der Waals surface area contributed by atoms with Crippen molar-refractivity contribution in [2.75, 3.05) is 6.38 Å². The van der Waals surface area contributed by atoms with Crippen LogP contribution in [0, 0.1) is 0 Å². The van der Waals surface area contributed by atoms with E-state index in [0.717, 1.165) is 0 Å². The molecule has 0 spiro atoms. The van der Waals surface area contributed by atoms with Gasteiger partial charge in [0.05, 0.1) is 0 Å². The Morgan fingerprint density at radius 3 is 1.40 bits per heavy atom. The van der Waals surface area contributed by atoms with E-state index >= 15 is 0 Å². The molecule has 0 heterocycles. The third-order valence-electron chi connectivity index (χ3n) is 0.133. The van der Waals surface area contributed by atoms with Gasteiger partial charge < -0.3 is 9.79 Å². The second-order valence-corrected chi connectivity index (χ2v) is 2.08. The minimum atomic E-state index is -3.24. The van der Waals surface area contributed by atoms with E-state index in [4.69, 9.17) is 0 Å². The summed E-state index contributed by atoms with van der Waals surface area (Å²) in [6.45, 7) is 0. The van der Waals surface area contributed by atoms with Gasteiger partial charge in [0.1, 0.15) is 4.31 Å². The summed E-state index contributed by atoms with van der Waals surface area (Å²) >= 11 is 4.64. The van der Waals surface area contributed by atoms with Crippen LogP contribution in [0.15, 0.2) is 0 Å². The van der Waals surface area contributed by atoms with Crippen LogP contribution < -0.4 is 9.79 Å². The van der Waals surface area contributed by atoms with Crippen LogP contribution in [-0.2, 0) is 41.1 Å². The predicted octanol–water partition coefficient (Wildman–Crippen LogP) is -0.109. The molecule has 0 amide bonds. The van der Waals surface area contributed by atoms with Crippen molar-refractivity contribution in [3.63, 3.8) is 0 Å². The Balaban J connectivity index is -0.000000149. The predicted molar refractivity (Wildman–Crippen MR) is 28.1 cm³/mol. The third kappa shape index (κ3) is 22.8. The van der Waals surface area contributed by atoms with Crippen molar-refractivity contribution in [2.45, 2.75) is 0 Å². The zero-order valence-corrected chi connectivity index (χ0v) is 13.1. The van der Waals surface area contributed by atoms with Gasteiger partial charge in [0, 0.05) is 6.38 Å². The quantitative estimate of drug-likeness (QED) is 0.371. The van der Waals surface area contributed by atoms with Gasteiger partial charge in [-0.3, -0.25) is 0 Å². The van der Waals surface area contributed by atoms with Crippen molar-refractivity contribution in [1.82, 2.24) is 0 Å². The zero-order valence-electron chi connectivity index (χ0n) is 5.02. The molecular formula is CH3ClHgO5P2+2. The first-order valence-electron chi connectivity index (χ1n) is 1.47. The van der Waals surface area contributed by atoms with E-state index in [1.165, 1.54) is 6.38 Å². The van der Waals surface area contributed by atoms with Gasteiger partial charge in [0.15, 0.2) is 0 Å². The first kappa shape index (κ1) is 17.4. The number of hydrogen-bond donors (Lipinski definition) is 0. The molecule has 0 aliphatic rings. The van der Waals surface area contributed by atoms with Gasteiger partial charge in [0.2, 0.25) is 0 Å². The Hall–Kier alpha value is 1.31. The molecule has 54 valence electrons. The Kier molecular flexibility index (Phi) is 22.5. The average Bonchev–Trinajstić information content (AvgIpc) is 1.68. The van der Waals surface area contributed by atoms with Gasteiger partial charge >= 0.3 is 44.2 Å². The van der Waals surface area contributed by atoms with E-state index in [9.17, 15) is 18.9 Å². The van der Waals surface area contributed by atoms with Gasteiger partial charge in [-0.25, -0.2) is 0 Å². The molecule has 0 bridgehead atoms. The van der Waals surface area contributed by atoms with Crippen LogP contribution in [0.25, 0.3) is 0 Å². The molecule has 0 aromatic heterocycles. The van der Waals surface area contributed by atoms with E-state index in [-0.39, 0.29) is 27.7 Å². The normalized spacial score (nSPS) is 10.0. The number of hydrogen-bond acceptors (Lipinski definition) is 5. The molecule has 0 aliphatic heterocycles. The Morgan fingerprint density at radius 1 is 1.20 bits per heavy atom. The molecule has 0 saturated heterocycles. The van der Waals surface area contributed by atoms with Crippen molar-refractivity contribution in [1.29, 1.82) is 0 Å². The molecule has 0 aliphatic carbocycles. The molecular weight excluding hydrogens is 390 g/mol. The molecule has 0 aromatic rings. The summed E-state index contributed by atoms with van der Waals surface area (Å²) in [7, 11) is -6.47. The second-order valence-electron chi connectivity index (χ2n) is 0.529. The summed E-state index contributed by atoms with van der Waals surface area (Å²) in [5.41, 5.74) is 0. The van der Waals surface area contributed by atoms with Gasteiger partial charge in [-0.2, -0.15) is 0 Å². The first-order chi connectivity index (χ1) is 4.13. The Bertz CT molecular complexity index is 95.8. The van der Waals surface area contributed by atoms with E-state index in [1.54, 1.807) is 0 Å². The maximum absolute atomic E-state index is 9.24. The maximum Gasteiger partial charge on any atom is 2.00 e. The van der Waals surface area contributed by atoms with Gasteiger partial charge in [-0.1, -0.05) is 0 Å². The van der Waals surface area contributed by atoms with E-state index in [0.29, 0.717) is 0 Å².